The Kier molecular flexibility index (Phi) is 12.3. The summed E-state index contributed by atoms with van der Waals surface area (Å²) in [4.78, 5) is 4.72. The van der Waals surface area contributed by atoms with E-state index in [9.17, 15) is 5.11 Å². The highest BCUT2D eigenvalue weighted by Crippen LogP contribution is 2.28. The lowest BCUT2D eigenvalue weighted by atomic mass is 9.93. The quantitative estimate of drug-likeness (QED) is 0.272. The van der Waals surface area contributed by atoms with Gasteiger partial charge in [-0.2, -0.15) is 0 Å². The van der Waals surface area contributed by atoms with Crippen LogP contribution in [0.4, 0.5) is 0 Å². The summed E-state index contributed by atoms with van der Waals surface area (Å²) >= 11 is 0. The highest BCUT2D eigenvalue weighted by atomic mass is 127. The van der Waals surface area contributed by atoms with Gasteiger partial charge >= 0.3 is 0 Å². The summed E-state index contributed by atoms with van der Waals surface area (Å²) in [6.07, 6.45) is 4.41. The Hall–Kier alpha value is -1.22. The van der Waals surface area contributed by atoms with Gasteiger partial charge in [0.2, 0.25) is 0 Å². The van der Waals surface area contributed by atoms with Gasteiger partial charge in [0, 0.05) is 19.1 Å². The number of nitrogens with zero attached hydrogens (tertiary/aromatic N) is 1. The van der Waals surface area contributed by atoms with Gasteiger partial charge in [0.05, 0.1) is 19.3 Å². The lowest BCUT2D eigenvalue weighted by molar-refractivity contribution is 0.120. The summed E-state index contributed by atoms with van der Waals surface area (Å²) in [7, 11) is 0. The maximum Gasteiger partial charge on any atom is 0.191 e. The zero-order valence-electron chi connectivity index (χ0n) is 17.4. The molecule has 7 heteroatoms. The predicted molar refractivity (Wildman–Crippen MR) is 125 cm³/mol. The maximum absolute atomic E-state index is 9.65. The lowest BCUT2D eigenvalue weighted by Gasteiger charge is -2.27. The SMILES string of the molecule is CCNC(=NCCc1ccc(OCC)c(OCC)c1)NC1CCC(O)CC1.I. The minimum Gasteiger partial charge on any atom is -0.490 e. The zero-order chi connectivity index (χ0) is 19.5. The first kappa shape index (κ1) is 24.8. The Bertz CT molecular complexity index is 590. The van der Waals surface area contributed by atoms with Crippen LogP contribution in [0.25, 0.3) is 0 Å². The molecule has 0 unspecified atom stereocenters. The molecule has 0 aromatic heterocycles. The van der Waals surface area contributed by atoms with E-state index in [-0.39, 0.29) is 30.1 Å². The van der Waals surface area contributed by atoms with E-state index >= 15 is 0 Å². The fourth-order valence-electron chi connectivity index (χ4n) is 3.28. The number of ether oxygens (including phenoxy) is 2. The number of rotatable bonds is 9. The third kappa shape index (κ3) is 8.43. The van der Waals surface area contributed by atoms with E-state index in [2.05, 4.69) is 23.6 Å². The van der Waals surface area contributed by atoms with Gasteiger partial charge in [-0.3, -0.25) is 4.99 Å². The number of aliphatic imine (C=N–C) groups is 1. The molecule has 6 nitrogen and oxygen atoms in total. The first-order valence-electron chi connectivity index (χ1n) is 10.3. The van der Waals surface area contributed by atoms with Crippen molar-refractivity contribution in [1.29, 1.82) is 0 Å². The van der Waals surface area contributed by atoms with Crippen molar-refractivity contribution in [2.45, 2.75) is 65.0 Å². The minimum absolute atomic E-state index is 0. The summed E-state index contributed by atoms with van der Waals surface area (Å²) in [5, 5.41) is 16.5. The lowest BCUT2D eigenvalue weighted by Crippen LogP contribution is -2.45. The Balaban J connectivity index is 0.00000392. The smallest absolute Gasteiger partial charge is 0.191 e. The molecule has 0 bridgehead atoms. The van der Waals surface area contributed by atoms with Gasteiger partial charge in [0.15, 0.2) is 17.5 Å². The topological polar surface area (TPSA) is 75.1 Å². The number of benzene rings is 1. The van der Waals surface area contributed by atoms with Gasteiger partial charge < -0.3 is 25.2 Å². The molecule has 160 valence electrons. The number of hydrogen-bond acceptors (Lipinski definition) is 4. The predicted octanol–water partition coefficient (Wildman–Crippen LogP) is 3.50. The number of aliphatic hydroxyl groups excluding tert-OH is 1. The molecule has 1 aromatic rings. The first-order chi connectivity index (χ1) is 13.2. The zero-order valence-corrected chi connectivity index (χ0v) is 19.7. The van der Waals surface area contributed by atoms with Crippen molar-refractivity contribution in [3.05, 3.63) is 23.8 Å². The number of nitrogens with one attached hydrogen (secondary N) is 2. The van der Waals surface area contributed by atoms with E-state index in [1.165, 1.54) is 5.56 Å². The van der Waals surface area contributed by atoms with Crippen LogP contribution >= 0.6 is 24.0 Å². The van der Waals surface area contributed by atoms with Crippen molar-refractivity contribution >= 4 is 29.9 Å². The molecule has 0 aliphatic heterocycles. The Morgan fingerprint density at radius 1 is 1.07 bits per heavy atom. The summed E-state index contributed by atoms with van der Waals surface area (Å²) in [5.41, 5.74) is 1.18. The number of halogens is 1. The van der Waals surface area contributed by atoms with Gasteiger partial charge in [0.1, 0.15) is 0 Å². The van der Waals surface area contributed by atoms with Crippen molar-refractivity contribution in [1.82, 2.24) is 10.6 Å². The fraction of sp³-hybridized carbons (Fsp3) is 0.667. The molecule has 1 saturated carbocycles. The Labute approximate surface area is 186 Å². The highest BCUT2D eigenvalue weighted by Gasteiger charge is 2.19. The third-order valence-electron chi connectivity index (χ3n) is 4.66. The molecule has 0 radical (unpaired) electrons. The van der Waals surface area contributed by atoms with Crippen LogP contribution in [0.1, 0.15) is 52.0 Å². The van der Waals surface area contributed by atoms with Crippen LogP contribution in [0, 0.1) is 0 Å². The Morgan fingerprint density at radius 2 is 1.75 bits per heavy atom. The molecule has 3 N–H and O–H groups in total. The van der Waals surface area contributed by atoms with Crippen molar-refractivity contribution in [2.75, 3.05) is 26.3 Å². The standard InChI is InChI=1S/C21H35N3O3.HI/c1-4-22-21(24-17-8-10-18(25)11-9-17)23-14-13-16-7-12-19(26-5-2)20(15-16)27-6-3;/h7,12,15,17-18,25H,4-6,8-11,13-14H2,1-3H3,(H2,22,23,24);1H. The van der Waals surface area contributed by atoms with Crippen LogP contribution in [-0.4, -0.2) is 49.5 Å². The summed E-state index contributed by atoms with van der Waals surface area (Å²) in [5.74, 6) is 2.45. The monoisotopic (exact) mass is 505 g/mol. The van der Waals surface area contributed by atoms with Crippen molar-refractivity contribution < 1.29 is 14.6 Å². The second-order valence-electron chi connectivity index (χ2n) is 6.81. The van der Waals surface area contributed by atoms with E-state index < -0.39 is 0 Å². The van der Waals surface area contributed by atoms with Crippen LogP contribution in [0.5, 0.6) is 11.5 Å². The molecular weight excluding hydrogens is 469 g/mol. The van der Waals surface area contributed by atoms with Crippen LogP contribution in [0.3, 0.4) is 0 Å². The van der Waals surface area contributed by atoms with Crippen molar-refractivity contribution in [3.8, 4) is 11.5 Å². The van der Waals surface area contributed by atoms with Crippen molar-refractivity contribution in [3.63, 3.8) is 0 Å². The van der Waals surface area contributed by atoms with Crippen LogP contribution in [-0.2, 0) is 6.42 Å². The van der Waals surface area contributed by atoms with Gasteiger partial charge in [0.25, 0.3) is 0 Å². The van der Waals surface area contributed by atoms with E-state index in [1.54, 1.807) is 0 Å². The molecule has 0 saturated heterocycles. The minimum atomic E-state index is -0.137. The molecule has 1 aliphatic carbocycles. The van der Waals surface area contributed by atoms with Crippen molar-refractivity contribution in [2.24, 2.45) is 4.99 Å². The average Bonchev–Trinajstić information content (AvgIpc) is 2.66. The molecular formula is C21H36IN3O3. The third-order valence-corrected chi connectivity index (χ3v) is 4.66. The Morgan fingerprint density at radius 3 is 2.39 bits per heavy atom. The number of aliphatic hydroxyl groups is 1. The molecule has 1 aliphatic rings. The van der Waals surface area contributed by atoms with Gasteiger partial charge in [-0.05, 0) is 70.6 Å². The van der Waals surface area contributed by atoms with Crippen LogP contribution in [0.15, 0.2) is 23.2 Å². The average molecular weight is 505 g/mol. The number of hydrogen-bond donors (Lipinski definition) is 3. The van der Waals surface area contributed by atoms with E-state index in [4.69, 9.17) is 14.5 Å². The number of guanidine groups is 1. The maximum atomic E-state index is 9.65. The first-order valence-corrected chi connectivity index (χ1v) is 10.3. The van der Waals surface area contributed by atoms with E-state index in [0.29, 0.717) is 25.8 Å². The van der Waals surface area contributed by atoms with Gasteiger partial charge in [-0.1, -0.05) is 6.07 Å². The summed E-state index contributed by atoms with van der Waals surface area (Å²) in [6.45, 7) is 8.80. The summed E-state index contributed by atoms with van der Waals surface area (Å²) < 4.78 is 11.3. The molecule has 0 heterocycles. The van der Waals surface area contributed by atoms with Crippen LogP contribution in [0.2, 0.25) is 0 Å². The largest absolute Gasteiger partial charge is 0.490 e. The summed E-state index contributed by atoms with van der Waals surface area (Å²) in [6, 6.07) is 6.49. The fourth-order valence-corrected chi connectivity index (χ4v) is 3.28. The van der Waals surface area contributed by atoms with Crippen LogP contribution < -0.4 is 20.1 Å². The molecule has 0 atom stereocenters. The van der Waals surface area contributed by atoms with E-state index in [1.807, 2.05) is 26.0 Å². The molecule has 0 spiro atoms. The molecule has 1 fully saturated rings. The van der Waals surface area contributed by atoms with Gasteiger partial charge in [-0.25, -0.2) is 0 Å². The van der Waals surface area contributed by atoms with E-state index in [0.717, 1.165) is 56.1 Å². The molecule has 2 rings (SSSR count). The normalized spacial score (nSPS) is 19.5. The van der Waals surface area contributed by atoms with Gasteiger partial charge in [-0.15, -0.1) is 24.0 Å². The molecule has 0 amide bonds. The second kappa shape index (κ2) is 13.9. The highest BCUT2D eigenvalue weighted by molar-refractivity contribution is 14.0. The molecule has 1 aromatic carbocycles. The second-order valence-corrected chi connectivity index (χ2v) is 6.81. The molecule has 28 heavy (non-hydrogen) atoms.